The van der Waals surface area contributed by atoms with E-state index in [1.807, 2.05) is 6.92 Å². The van der Waals surface area contributed by atoms with Crippen molar-refractivity contribution >= 4 is 56.4 Å². The molecule has 2 N–H and O–H groups in total. The SMILES string of the molecule is CCC1Sc2cc(S(=O)(=O)CCC(=O)Nc3ccccc3Cl)ccc2NC1=O. The molecule has 0 aromatic heterocycles. The van der Waals surface area contributed by atoms with E-state index in [2.05, 4.69) is 10.6 Å². The largest absolute Gasteiger partial charge is 0.325 e. The Labute approximate surface area is 173 Å². The minimum atomic E-state index is -3.65. The molecule has 2 aromatic carbocycles. The van der Waals surface area contributed by atoms with Gasteiger partial charge in [0.2, 0.25) is 11.8 Å². The molecule has 0 saturated carbocycles. The lowest BCUT2D eigenvalue weighted by Gasteiger charge is -2.23. The molecule has 0 bridgehead atoms. The first-order valence-corrected chi connectivity index (χ1v) is 11.6. The number of halogens is 1. The van der Waals surface area contributed by atoms with Crippen molar-refractivity contribution < 1.29 is 18.0 Å². The first kappa shape index (κ1) is 20.7. The van der Waals surface area contributed by atoms with E-state index < -0.39 is 15.7 Å². The number of carbonyl (C=O) groups is 2. The maximum Gasteiger partial charge on any atom is 0.237 e. The van der Waals surface area contributed by atoms with Crippen LogP contribution in [0.15, 0.2) is 52.3 Å². The topological polar surface area (TPSA) is 92.3 Å². The fourth-order valence-electron chi connectivity index (χ4n) is 2.71. The second kappa shape index (κ2) is 8.55. The summed E-state index contributed by atoms with van der Waals surface area (Å²) in [6.07, 6.45) is 0.460. The third kappa shape index (κ3) is 4.68. The summed E-state index contributed by atoms with van der Waals surface area (Å²) in [6.45, 7) is 1.90. The molecule has 148 valence electrons. The normalized spacial score (nSPS) is 16.2. The van der Waals surface area contributed by atoms with Gasteiger partial charge in [0.25, 0.3) is 0 Å². The van der Waals surface area contributed by atoms with Gasteiger partial charge in [0.1, 0.15) is 0 Å². The van der Waals surface area contributed by atoms with Gasteiger partial charge in [-0.15, -0.1) is 11.8 Å². The molecule has 28 heavy (non-hydrogen) atoms. The van der Waals surface area contributed by atoms with Gasteiger partial charge in [-0.3, -0.25) is 9.59 Å². The lowest BCUT2D eigenvalue weighted by Crippen LogP contribution is -2.28. The van der Waals surface area contributed by atoms with Crippen LogP contribution in [0.25, 0.3) is 0 Å². The highest BCUT2D eigenvalue weighted by atomic mass is 35.5. The van der Waals surface area contributed by atoms with Crippen molar-refractivity contribution in [1.82, 2.24) is 0 Å². The van der Waals surface area contributed by atoms with Gasteiger partial charge in [0.15, 0.2) is 9.84 Å². The summed E-state index contributed by atoms with van der Waals surface area (Å²) >= 11 is 7.34. The molecular formula is C19H19ClN2O4S2. The van der Waals surface area contributed by atoms with E-state index in [0.29, 0.717) is 27.7 Å². The van der Waals surface area contributed by atoms with Crippen LogP contribution in [0, 0.1) is 0 Å². The zero-order chi connectivity index (χ0) is 20.3. The molecule has 1 heterocycles. The van der Waals surface area contributed by atoms with Crippen LogP contribution >= 0.6 is 23.4 Å². The summed E-state index contributed by atoms with van der Waals surface area (Å²) in [4.78, 5) is 24.9. The van der Waals surface area contributed by atoms with Crippen molar-refractivity contribution in [2.24, 2.45) is 0 Å². The summed E-state index contributed by atoms with van der Waals surface area (Å²) in [6, 6.07) is 11.3. The molecule has 2 amide bonds. The monoisotopic (exact) mass is 438 g/mol. The maximum atomic E-state index is 12.7. The number of benzene rings is 2. The van der Waals surface area contributed by atoms with Crippen LogP contribution in [0.3, 0.4) is 0 Å². The minimum absolute atomic E-state index is 0.0770. The summed E-state index contributed by atoms with van der Waals surface area (Å²) in [5, 5.41) is 5.55. The predicted molar refractivity (Wildman–Crippen MR) is 112 cm³/mol. The van der Waals surface area contributed by atoms with E-state index in [-0.39, 0.29) is 28.2 Å². The number of anilines is 2. The summed E-state index contributed by atoms with van der Waals surface area (Å²) in [5.41, 5.74) is 1.05. The first-order valence-electron chi connectivity index (χ1n) is 8.69. The molecule has 6 nitrogen and oxygen atoms in total. The molecule has 2 aromatic rings. The number of sulfone groups is 1. The van der Waals surface area contributed by atoms with Gasteiger partial charge in [-0.25, -0.2) is 8.42 Å². The van der Waals surface area contributed by atoms with Crippen LogP contribution in [0.4, 0.5) is 11.4 Å². The molecule has 0 spiro atoms. The van der Waals surface area contributed by atoms with Crippen LogP contribution in [0.5, 0.6) is 0 Å². The van der Waals surface area contributed by atoms with Gasteiger partial charge in [-0.05, 0) is 36.8 Å². The molecule has 0 fully saturated rings. The van der Waals surface area contributed by atoms with E-state index in [0.717, 1.165) is 0 Å². The second-order valence-electron chi connectivity index (χ2n) is 6.26. The van der Waals surface area contributed by atoms with Crippen LogP contribution < -0.4 is 10.6 Å². The van der Waals surface area contributed by atoms with Gasteiger partial charge in [0, 0.05) is 11.3 Å². The minimum Gasteiger partial charge on any atom is -0.325 e. The molecule has 1 atom stereocenters. The third-order valence-electron chi connectivity index (χ3n) is 4.25. The van der Waals surface area contributed by atoms with E-state index in [4.69, 9.17) is 11.6 Å². The van der Waals surface area contributed by atoms with Crippen molar-refractivity contribution in [3.05, 3.63) is 47.5 Å². The molecule has 3 rings (SSSR count). The first-order chi connectivity index (χ1) is 13.3. The summed E-state index contributed by atoms with van der Waals surface area (Å²) in [7, 11) is -3.65. The highest BCUT2D eigenvalue weighted by Gasteiger charge is 2.27. The number of rotatable bonds is 6. The third-order valence-corrected chi connectivity index (χ3v) is 7.72. The van der Waals surface area contributed by atoms with Crippen LogP contribution in [0.2, 0.25) is 5.02 Å². The lowest BCUT2D eigenvalue weighted by atomic mass is 10.2. The molecule has 0 radical (unpaired) electrons. The quantitative estimate of drug-likeness (QED) is 0.712. The van der Waals surface area contributed by atoms with Crippen LogP contribution in [0.1, 0.15) is 19.8 Å². The van der Waals surface area contributed by atoms with Gasteiger partial charge in [-0.1, -0.05) is 30.7 Å². The number of nitrogens with one attached hydrogen (secondary N) is 2. The average molecular weight is 439 g/mol. The number of hydrogen-bond acceptors (Lipinski definition) is 5. The molecule has 0 saturated heterocycles. The Balaban J connectivity index is 1.69. The van der Waals surface area contributed by atoms with Crippen LogP contribution in [-0.2, 0) is 19.4 Å². The molecule has 9 heteroatoms. The number of carbonyl (C=O) groups excluding carboxylic acids is 2. The Bertz CT molecular complexity index is 1020. The van der Waals surface area contributed by atoms with Gasteiger partial charge in [0.05, 0.1) is 32.3 Å². The highest BCUT2D eigenvalue weighted by Crippen LogP contribution is 2.38. The van der Waals surface area contributed by atoms with E-state index in [1.165, 1.54) is 17.8 Å². The maximum absolute atomic E-state index is 12.7. The fourth-order valence-corrected chi connectivity index (χ4v) is 5.31. The van der Waals surface area contributed by atoms with Crippen LogP contribution in [-0.4, -0.2) is 31.2 Å². The van der Waals surface area contributed by atoms with Gasteiger partial charge >= 0.3 is 0 Å². The molecule has 1 aliphatic heterocycles. The molecule has 1 unspecified atom stereocenters. The number of para-hydroxylation sites is 1. The van der Waals surface area contributed by atoms with Crippen molar-refractivity contribution in [2.75, 3.05) is 16.4 Å². The summed E-state index contributed by atoms with van der Waals surface area (Å²) in [5.74, 6) is -0.829. The number of hydrogen-bond donors (Lipinski definition) is 2. The Morgan fingerprint density at radius 3 is 2.71 bits per heavy atom. The van der Waals surface area contributed by atoms with Crippen molar-refractivity contribution in [1.29, 1.82) is 0 Å². The Morgan fingerprint density at radius 1 is 1.25 bits per heavy atom. The van der Waals surface area contributed by atoms with Crippen molar-refractivity contribution in [3.63, 3.8) is 0 Å². The van der Waals surface area contributed by atoms with E-state index in [1.54, 1.807) is 36.4 Å². The molecule has 0 aliphatic carbocycles. The Hall–Kier alpha value is -2.03. The fraction of sp³-hybridized carbons (Fsp3) is 0.263. The number of fused-ring (bicyclic) bond motifs is 1. The molecule has 1 aliphatic rings. The van der Waals surface area contributed by atoms with Gasteiger partial charge < -0.3 is 10.6 Å². The average Bonchev–Trinajstić information content (AvgIpc) is 2.67. The molecular weight excluding hydrogens is 420 g/mol. The zero-order valence-corrected chi connectivity index (χ0v) is 17.5. The second-order valence-corrected chi connectivity index (χ2v) is 10.0. The smallest absolute Gasteiger partial charge is 0.237 e. The van der Waals surface area contributed by atoms with Gasteiger partial charge in [-0.2, -0.15) is 0 Å². The summed E-state index contributed by atoms with van der Waals surface area (Å²) < 4.78 is 25.3. The standard InChI is InChI=1S/C19H19ClN2O4S2/c1-2-16-19(24)22-15-8-7-12(11-17(15)27-16)28(25,26)10-9-18(23)21-14-6-4-3-5-13(14)20/h3-8,11,16H,2,9-10H2,1H3,(H,21,23)(H,22,24). The number of thioether (sulfide) groups is 1. The highest BCUT2D eigenvalue weighted by molar-refractivity contribution is 8.01. The van der Waals surface area contributed by atoms with Crippen molar-refractivity contribution in [2.45, 2.75) is 34.8 Å². The number of amides is 2. The zero-order valence-electron chi connectivity index (χ0n) is 15.1. The predicted octanol–water partition coefficient (Wildman–Crippen LogP) is 3.97. The van der Waals surface area contributed by atoms with E-state index in [9.17, 15) is 18.0 Å². The van der Waals surface area contributed by atoms with Crippen molar-refractivity contribution in [3.8, 4) is 0 Å². The lowest BCUT2D eigenvalue weighted by molar-refractivity contribution is -0.116. The Kier molecular flexibility index (Phi) is 6.32. The van der Waals surface area contributed by atoms with E-state index >= 15 is 0 Å². The Morgan fingerprint density at radius 2 is 2.00 bits per heavy atom.